The number of hydrogen-bond donors (Lipinski definition) is 2. The molecular formula is C20H23N2O5S+. The summed E-state index contributed by atoms with van der Waals surface area (Å²) >= 11 is 1.46. The summed E-state index contributed by atoms with van der Waals surface area (Å²) in [6.45, 7) is 4.86. The van der Waals surface area contributed by atoms with Crippen LogP contribution in [0.5, 0.6) is 0 Å². The van der Waals surface area contributed by atoms with Crippen LogP contribution in [0.3, 0.4) is 0 Å². The number of hydrogen-bond acceptors (Lipinski definition) is 6. The van der Waals surface area contributed by atoms with E-state index in [9.17, 15) is 14.7 Å². The molecule has 0 aliphatic carbocycles. The van der Waals surface area contributed by atoms with Gasteiger partial charge in [0.1, 0.15) is 13.1 Å². The molecule has 4 rings (SSSR count). The molecule has 28 heavy (non-hydrogen) atoms. The van der Waals surface area contributed by atoms with Crippen molar-refractivity contribution < 1.29 is 28.7 Å². The van der Waals surface area contributed by atoms with Gasteiger partial charge < -0.3 is 24.1 Å². The van der Waals surface area contributed by atoms with Crippen LogP contribution >= 0.6 is 11.3 Å². The van der Waals surface area contributed by atoms with E-state index in [1.54, 1.807) is 17.0 Å². The number of carbonyl (C=O) groups is 2. The van der Waals surface area contributed by atoms with Crippen molar-refractivity contribution in [2.75, 3.05) is 39.4 Å². The number of morpholine rings is 1. The van der Waals surface area contributed by atoms with E-state index >= 15 is 0 Å². The van der Waals surface area contributed by atoms with Crippen LogP contribution < -0.4 is 4.90 Å². The zero-order valence-electron chi connectivity index (χ0n) is 15.4. The van der Waals surface area contributed by atoms with Crippen LogP contribution in [-0.4, -0.2) is 61.1 Å². The van der Waals surface area contributed by atoms with Crippen LogP contribution in [0.15, 0.2) is 51.7 Å². The van der Waals surface area contributed by atoms with E-state index in [-0.39, 0.29) is 11.3 Å². The Labute approximate surface area is 166 Å². The van der Waals surface area contributed by atoms with E-state index in [4.69, 9.17) is 9.15 Å². The topological polar surface area (TPSA) is 84.4 Å². The summed E-state index contributed by atoms with van der Waals surface area (Å²) in [4.78, 5) is 29.6. The number of furan rings is 1. The van der Waals surface area contributed by atoms with E-state index in [2.05, 4.69) is 0 Å². The van der Waals surface area contributed by atoms with Crippen LogP contribution in [-0.2, 0) is 9.53 Å². The van der Waals surface area contributed by atoms with Crippen molar-refractivity contribution >= 4 is 23.0 Å². The molecule has 2 aromatic heterocycles. The third-order valence-electron chi connectivity index (χ3n) is 5.24. The van der Waals surface area contributed by atoms with E-state index in [0.29, 0.717) is 6.54 Å². The SMILES string of the molecule is O=C(C1=C(O)C(=O)N(CCC[NH+]2CCOCC2)[C@@H]1c1cccs1)c1ccco1. The summed E-state index contributed by atoms with van der Waals surface area (Å²) in [6.07, 6.45) is 2.20. The summed E-state index contributed by atoms with van der Waals surface area (Å²) in [5.41, 5.74) is 0.0983. The number of rotatable bonds is 7. The molecule has 0 bridgehead atoms. The molecule has 1 amide bonds. The third-order valence-corrected chi connectivity index (χ3v) is 6.16. The number of ketones is 1. The van der Waals surface area contributed by atoms with Gasteiger partial charge in [-0.3, -0.25) is 9.59 Å². The average Bonchev–Trinajstić information content (AvgIpc) is 3.46. The van der Waals surface area contributed by atoms with Gasteiger partial charge in [-0.25, -0.2) is 0 Å². The maximum absolute atomic E-state index is 12.9. The van der Waals surface area contributed by atoms with Gasteiger partial charge in [0.2, 0.25) is 5.78 Å². The van der Waals surface area contributed by atoms with E-state index < -0.39 is 23.5 Å². The highest BCUT2D eigenvalue weighted by Gasteiger charge is 2.44. The molecule has 1 fully saturated rings. The van der Waals surface area contributed by atoms with Crippen molar-refractivity contribution in [2.45, 2.75) is 12.5 Å². The van der Waals surface area contributed by atoms with Crippen LogP contribution in [0.25, 0.3) is 0 Å². The lowest BCUT2D eigenvalue weighted by molar-refractivity contribution is -0.908. The monoisotopic (exact) mass is 403 g/mol. The Hall–Kier alpha value is -2.42. The predicted octanol–water partition coefficient (Wildman–Crippen LogP) is 1.22. The van der Waals surface area contributed by atoms with Crippen molar-refractivity contribution in [3.8, 4) is 0 Å². The zero-order valence-corrected chi connectivity index (χ0v) is 16.2. The highest BCUT2D eigenvalue weighted by atomic mass is 32.1. The largest absolute Gasteiger partial charge is 0.503 e. The van der Waals surface area contributed by atoms with Gasteiger partial charge in [0.05, 0.1) is 37.6 Å². The average molecular weight is 403 g/mol. The lowest BCUT2D eigenvalue weighted by atomic mass is 10.0. The first-order valence-electron chi connectivity index (χ1n) is 9.44. The summed E-state index contributed by atoms with van der Waals surface area (Å²) in [6, 6.07) is 6.35. The predicted molar refractivity (Wildman–Crippen MR) is 102 cm³/mol. The minimum atomic E-state index is -0.579. The van der Waals surface area contributed by atoms with E-state index in [1.807, 2.05) is 17.5 Å². The summed E-state index contributed by atoms with van der Waals surface area (Å²) < 4.78 is 10.6. The summed E-state index contributed by atoms with van der Waals surface area (Å²) in [5.74, 6) is -1.30. The molecule has 2 N–H and O–H groups in total. The molecule has 0 radical (unpaired) electrons. The number of nitrogens with zero attached hydrogens (tertiary/aromatic N) is 1. The molecule has 1 saturated heterocycles. The fourth-order valence-corrected chi connectivity index (χ4v) is 4.65. The Kier molecular flexibility index (Phi) is 5.61. The number of Topliss-reactive ketones (excluding diaryl/α,β-unsaturated/α-hetero) is 1. The Morgan fingerprint density at radius 2 is 2.11 bits per heavy atom. The van der Waals surface area contributed by atoms with Crippen molar-refractivity contribution in [1.29, 1.82) is 0 Å². The molecule has 0 spiro atoms. The molecule has 4 heterocycles. The van der Waals surface area contributed by atoms with Gasteiger partial charge in [-0.1, -0.05) is 6.07 Å². The first-order chi connectivity index (χ1) is 13.7. The minimum Gasteiger partial charge on any atom is -0.503 e. The molecule has 8 heteroatoms. The van der Waals surface area contributed by atoms with Crippen molar-refractivity contribution in [1.82, 2.24) is 4.90 Å². The van der Waals surface area contributed by atoms with Gasteiger partial charge >= 0.3 is 0 Å². The molecule has 2 aliphatic rings. The van der Waals surface area contributed by atoms with Crippen LogP contribution in [0.1, 0.15) is 27.9 Å². The number of quaternary nitrogens is 1. The Bertz CT molecular complexity index is 853. The highest BCUT2D eigenvalue weighted by molar-refractivity contribution is 7.10. The lowest BCUT2D eigenvalue weighted by Crippen LogP contribution is -3.14. The third kappa shape index (κ3) is 3.63. The first kappa shape index (κ1) is 18.9. The van der Waals surface area contributed by atoms with Gasteiger partial charge in [-0.05, 0) is 23.6 Å². The number of aliphatic hydroxyl groups is 1. The first-order valence-corrected chi connectivity index (χ1v) is 10.3. The summed E-state index contributed by atoms with van der Waals surface area (Å²) in [5, 5.41) is 12.4. The quantitative estimate of drug-likeness (QED) is 0.680. The van der Waals surface area contributed by atoms with E-state index in [0.717, 1.165) is 44.1 Å². The second-order valence-corrected chi connectivity index (χ2v) is 7.93. The molecule has 2 aliphatic heterocycles. The van der Waals surface area contributed by atoms with Crippen LogP contribution in [0.4, 0.5) is 0 Å². The molecule has 0 unspecified atom stereocenters. The number of thiophene rings is 1. The minimum absolute atomic E-state index is 0.0983. The van der Waals surface area contributed by atoms with Gasteiger partial charge in [0, 0.05) is 17.8 Å². The fraction of sp³-hybridized carbons (Fsp3) is 0.400. The molecule has 7 nitrogen and oxygen atoms in total. The standard InChI is InChI=1S/C20H22N2O5S/c23-18(14-4-1-10-27-14)16-17(15-5-2-13-28-15)22(20(25)19(16)24)7-3-6-21-8-11-26-12-9-21/h1-2,4-5,10,13,17,24H,3,6-9,11-12H2/p+1/t17-/m1/s1. The van der Waals surface area contributed by atoms with Crippen molar-refractivity contribution in [2.24, 2.45) is 0 Å². The van der Waals surface area contributed by atoms with Gasteiger partial charge in [0.25, 0.3) is 5.91 Å². The number of aliphatic hydroxyl groups excluding tert-OH is 1. The molecule has 0 aromatic carbocycles. The molecule has 2 aromatic rings. The molecule has 1 atom stereocenters. The zero-order chi connectivity index (χ0) is 19.5. The maximum Gasteiger partial charge on any atom is 0.290 e. The summed E-state index contributed by atoms with van der Waals surface area (Å²) in [7, 11) is 0. The fourth-order valence-electron chi connectivity index (χ4n) is 3.81. The van der Waals surface area contributed by atoms with Gasteiger partial charge in [-0.15, -0.1) is 11.3 Å². The Balaban J connectivity index is 1.54. The smallest absolute Gasteiger partial charge is 0.290 e. The Morgan fingerprint density at radius 3 is 2.79 bits per heavy atom. The highest BCUT2D eigenvalue weighted by Crippen LogP contribution is 2.40. The van der Waals surface area contributed by atoms with Gasteiger partial charge in [-0.2, -0.15) is 0 Å². The van der Waals surface area contributed by atoms with Crippen molar-refractivity contribution in [3.63, 3.8) is 0 Å². The second kappa shape index (κ2) is 8.30. The number of carbonyl (C=O) groups excluding carboxylic acids is 2. The molecular weight excluding hydrogens is 380 g/mol. The number of nitrogens with one attached hydrogen (secondary N) is 1. The van der Waals surface area contributed by atoms with Gasteiger partial charge in [0.15, 0.2) is 11.5 Å². The van der Waals surface area contributed by atoms with Crippen LogP contribution in [0.2, 0.25) is 0 Å². The number of amides is 1. The normalized spacial score (nSPS) is 20.9. The van der Waals surface area contributed by atoms with Crippen LogP contribution in [0, 0.1) is 0 Å². The lowest BCUT2D eigenvalue weighted by Gasteiger charge is -2.27. The molecule has 0 saturated carbocycles. The number of ether oxygens (including phenoxy) is 1. The Morgan fingerprint density at radius 1 is 1.29 bits per heavy atom. The maximum atomic E-state index is 12.9. The van der Waals surface area contributed by atoms with E-state index in [1.165, 1.54) is 22.5 Å². The molecule has 148 valence electrons. The van der Waals surface area contributed by atoms with Crippen molar-refractivity contribution in [3.05, 3.63) is 57.9 Å². The second-order valence-electron chi connectivity index (χ2n) is 6.95.